The van der Waals surface area contributed by atoms with E-state index in [9.17, 15) is 0 Å². The average molecular weight is 347 g/mol. The van der Waals surface area contributed by atoms with Gasteiger partial charge in [0.05, 0.1) is 0 Å². The summed E-state index contributed by atoms with van der Waals surface area (Å²) in [6, 6.07) is 1.99. The van der Waals surface area contributed by atoms with Crippen LogP contribution in [-0.2, 0) is 17.7 Å². The fraction of sp³-hybridized carbons (Fsp3) is 0.538. The third-order valence-corrected chi connectivity index (χ3v) is 3.45. The lowest BCUT2D eigenvalue weighted by Gasteiger charge is -2.07. The zero-order chi connectivity index (χ0) is 13.7. The minimum absolute atomic E-state index is 0.565. The molecule has 0 saturated carbocycles. The van der Waals surface area contributed by atoms with Gasteiger partial charge in [0.25, 0.3) is 0 Å². The first-order valence-corrected chi connectivity index (χ1v) is 7.73. The minimum Gasteiger partial charge on any atom is -0.382 e. The Hall–Kier alpha value is -0.650. The summed E-state index contributed by atoms with van der Waals surface area (Å²) in [7, 11) is 0. The molecule has 0 bridgehead atoms. The molecule has 6 heteroatoms. The predicted molar refractivity (Wildman–Crippen MR) is 80.8 cm³/mol. The van der Waals surface area contributed by atoms with Crippen LogP contribution in [0.2, 0.25) is 0 Å². The Morgan fingerprint density at radius 2 is 2.32 bits per heavy atom. The van der Waals surface area contributed by atoms with Crippen molar-refractivity contribution < 1.29 is 4.74 Å². The van der Waals surface area contributed by atoms with Crippen LogP contribution in [-0.4, -0.2) is 33.6 Å². The molecule has 0 radical (unpaired) electrons. The van der Waals surface area contributed by atoms with Crippen LogP contribution in [0.4, 0.5) is 0 Å². The van der Waals surface area contributed by atoms with Crippen molar-refractivity contribution in [3.63, 3.8) is 0 Å². The molecular weight excluding hydrogens is 330 g/mol. The summed E-state index contributed by atoms with van der Waals surface area (Å²) in [5, 5.41) is 0. The molecule has 4 nitrogen and oxygen atoms in total. The van der Waals surface area contributed by atoms with E-state index >= 15 is 0 Å². The van der Waals surface area contributed by atoms with Gasteiger partial charge in [-0.25, -0.2) is 9.97 Å². The van der Waals surface area contributed by atoms with Gasteiger partial charge in [0.1, 0.15) is 11.3 Å². The van der Waals surface area contributed by atoms with E-state index in [4.69, 9.17) is 16.3 Å². The second-order valence-electron chi connectivity index (χ2n) is 4.17. The fourth-order valence-corrected chi connectivity index (χ4v) is 2.50. The average Bonchev–Trinajstić information content (AvgIpc) is 2.72. The maximum Gasteiger partial charge on any atom is 0.160 e. The highest BCUT2D eigenvalue weighted by atomic mass is 79.9. The Labute approximate surface area is 126 Å². The highest BCUT2D eigenvalue weighted by Crippen LogP contribution is 2.19. The predicted octanol–water partition coefficient (Wildman–Crippen LogP) is 3.40. The number of pyridine rings is 1. The molecule has 0 unspecified atom stereocenters. The summed E-state index contributed by atoms with van der Waals surface area (Å²) in [4.78, 5) is 9.06. The Morgan fingerprint density at radius 1 is 1.47 bits per heavy atom. The smallest absolute Gasteiger partial charge is 0.160 e. The Balaban J connectivity index is 2.24. The van der Waals surface area contributed by atoms with Crippen molar-refractivity contribution in [1.82, 2.24) is 14.5 Å². The minimum atomic E-state index is 0.565. The van der Waals surface area contributed by atoms with Gasteiger partial charge in [0, 0.05) is 42.7 Å². The van der Waals surface area contributed by atoms with E-state index in [2.05, 4.69) is 30.5 Å². The third kappa shape index (κ3) is 3.68. The van der Waals surface area contributed by atoms with Crippen LogP contribution in [0.15, 0.2) is 16.7 Å². The summed E-state index contributed by atoms with van der Waals surface area (Å²) in [6.07, 6.45) is 3.50. The van der Waals surface area contributed by atoms with Gasteiger partial charge in [0.2, 0.25) is 0 Å². The van der Waals surface area contributed by atoms with Crippen molar-refractivity contribution in [1.29, 1.82) is 0 Å². The summed E-state index contributed by atoms with van der Waals surface area (Å²) in [5.41, 5.74) is 1.82. The number of hydrogen-bond donors (Lipinski definition) is 0. The maximum absolute atomic E-state index is 5.84. The molecule has 0 spiro atoms. The van der Waals surface area contributed by atoms with Gasteiger partial charge in [-0.15, -0.1) is 11.6 Å². The maximum atomic E-state index is 5.84. The number of imidazole rings is 1. The second kappa shape index (κ2) is 7.22. The lowest BCUT2D eigenvalue weighted by Crippen LogP contribution is -2.08. The molecule has 104 valence electrons. The largest absolute Gasteiger partial charge is 0.382 e. The Bertz CT molecular complexity index is 544. The molecule has 0 aromatic carbocycles. The molecule has 0 aliphatic rings. The molecule has 0 amide bonds. The summed E-state index contributed by atoms with van der Waals surface area (Å²) in [5.74, 6) is 1.56. The lowest BCUT2D eigenvalue weighted by molar-refractivity contribution is 0.141. The van der Waals surface area contributed by atoms with Crippen molar-refractivity contribution in [2.45, 2.75) is 26.3 Å². The Kier molecular flexibility index (Phi) is 5.60. The van der Waals surface area contributed by atoms with E-state index in [-0.39, 0.29) is 0 Å². The topological polar surface area (TPSA) is 39.9 Å². The highest BCUT2D eigenvalue weighted by molar-refractivity contribution is 9.10. The van der Waals surface area contributed by atoms with Crippen molar-refractivity contribution in [3.05, 3.63) is 22.6 Å². The first kappa shape index (κ1) is 14.8. The first-order valence-electron chi connectivity index (χ1n) is 6.40. The molecule has 0 atom stereocenters. The number of nitrogens with zero attached hydrogens (tertiary/aromatic N) is 3. The zero-order valence-corrected chi connectivity index (χ0v) is 13.2. The summed E-state index contributed by atoms with van der Waals surface area (Å²) < 4.78 is 8.46. The molecule has 0 aliphatic heterocycles. The number of halogens is 2. The standard InChI is InChI=1S/C13H17BrClN3O/c1-2-19-7-3-6-18-12(4-5-15)17-11-8-10(14)9-16-13(11)18/h8-9H,2-7H2,1H3. The number of ether oxygens (including phenoxy) is 1. The molecule has 2 heterocycles. The molecule has 2 aromatic rings. The van der Waals surface area contributed by atoms with Crippen LogP contribution < -0.4 is 0 Å². The van der Waals surface area contributed by atoms with Crippen LogP contribution in [0.3, 0.4) is 0 Å². The van der Waals surface area contributed by atoms with Gasteiger partial charge in [-0.2, -0.15) is 0 Å². The molecule has 2 aromatic heterocycles. The molecule has 2 rings (SSSR count). The normalized spacial score (nSPS) is 11.3. The van der Waals surface area contributed by atoms with Gasteiger partial charge < -0.3 is 9.30 Å². The van der Waals surface area contributed by atoms with Crippen LogP contribution in [0.25, 0.3) is 11.2 Å². The van der Waals surface area contributed by atoms with E-state index in [1.807, 2.05) is 13.0 Å². The number of rotatable bonds is 7. The van der Waals surface area contributed by atoms with Gasteiger partial charge in [-0.3, -0.25) is 0 Å². The number of hydrogen-bond acceptors (Lipinski definition) is 3. The quantitative estimate of drug-likeness (QED) is 0.570. The third-order valence-electron chi connectivity index (χ3n) is 2.82. The molecular formula is C13H17BrClN3O. The number of alkyl halides is 1. The fourth-order valence-electron chi connectivity index (χ4n) is 2.01. The lowest BCUT2D eigenvalue weighted by atomic mass is 10.4. The highest BCUT2D eigenvalue weighted by Gasteiger charge is 2.11. The van der Waals surface area contributed by atoms with Gasteiger partial charge in [-0.05, 0) is 35.3 Å². The van der Waals surface area contributed by atoms with Crippen LogP contribution in [0, 0.1) is 0 Å². The van der Waals surface area contributed by atoms with Crippen LogP contribution in [0.1, 0.15) is 19.2 Å². The molecule has 0 N–H and O–H groups in total. The first-order chi connectivity index (χ1) is 9.26. The molecule has 0 saturated heterocycles. The van der Waals surface area contributed by atoms with Gasteiger partial charge in [-0.1, -0.05) is 0 Å². The van der Waals surface area contributed by atoms with Crippen LogP contribution >= 0.6 is 27.5 Å². The van der Waals surface area contributed by atoms with E-state index < -0.39 is 0 Å². The van der Waals surface area contributed by atoms with Gasteiger partial charge >= 0.3 is 0 Å². The number of aryl methyl sites for hydroxylation is 2. The molecule has 19 heavy (non-hydrogen) atoms. The monoisotopic (exact) mass is 345 g/mol. The van der Waals surface area contributed by atoms with Crippen molar-refractivity contribution >= 4 is 38.7 Å². The Morgan fingerprint density at radius 3 is 3.05 bits per heavy atom. The van der Waals surface area contributed by atoms with E-state index in [0.29, 0.717) is 5.88 Å². The SMILES string of the molecule is CCOCCCn1c(CCCl)nc2cc(Br)cnc21. The summed E-state index contributed by atoms with van der Waals surface area (Å²) in [6.45, 7) is 4.37. The summed E-state index contributed by atoms with van der Waals surface area (Å²) >= 11 is 9.26. The molecule has 0 fully saturated rings. The van der Waals surface area contributed by atoms with E-state index in [1.54, 1.807) is 6.20 Å². The van der Waals surface area contributed by atoms with Crippen molar-refractivity contribution in [3.8, 4) is 0 Å². The van der Waals surface area contributed by atoms with Crippen LogP contribution in [0.5, 0.6) is 0 Å². The van der Waals surface area contributed by atoms with Crippen molar-refractivity contribution in [2.24, 2.45) is 0 Å². The molecule has 0 aliphatic carbocycles. The second-order valence-corrected chi connectivity index (χ2v) is 5.46. The van der Waals surface area contributed by atoms with E-state index in [1.165, 1.54) is 0 Å². The van der Waals surface area contributed by atoms with Crippen molar-refractivity contribution in [2.75, 3.05) is 19.1 Å². The number of fused-ring (bicyclic) bond motifs is 1. The zero-order valence-electron chi connectivity index (χ0n) is 10.9. The van der Waals surface area contributed by atoms with Gasteiger partial charge in [0.15, 0.2) is 5.65 Å². The van der Waals surface area contributed by atoms with E-state index in [0.717, 1.165) is 54.1 Å². The number of aromatic nitrogens is 3.